The van der Waals surface area contributed by atoms with Gasteiger partial charge in [-0.2, -0.15) is 0 Å². The first-order chi connectivity index (χ1) is 11.4. The molecule has 0 spiro atoms. The van der Waals surface area contributed by atoms with Gasteiger partial charge < -0.3 is 15.4 Å². The molecule has 7 nitrogen and oxygen atoms in total. The normalized spacial score (nSPS) is 12.6. The van der Waals surface area contributed by atoms with Crippen LogP contribution < -0.4 is 10.6 Å². The molecule has 0 fully saturated rings. The number of rotatable bonds is 10. The zero-order valence-electron chi connectivity index (χ0n) is 14.8. The lowest BCUT2D eigenvalue weighted by Crippen LogP contribution is -2.38. The van der Waals surface area contributed by atoms with E-state index >= 15 is 0 Å². The molecular formula is C15H28N4O3S2. The Labute approximate surface area is 149 Å². The van der Waals surface area contributed by atoms with Crippen molar-refractivity contribution in [1.29, 1.82) is 0 Å². The molecule has 0 atom stereocenters. The number of aliphatic imine (C=N–C) groups is 1. The molecule has 9 heteroatoms. The fraction of sp³-hybridized carbons (Fsp3) is 0.667. The third-order valence-electron chi connectivity index (χ3n) is 3.07. The molecule has 0 radical (unpaired) electrons. The third-order valence-corrected chi connectivity index (χ3v) is 6.42. The Morgan fingerprint density at radius 1 is 1.29 bits per heavy atom. The van der Waals surface area contributed by atoms with Crippen LogP contribution in [0.2, 0.25) is 0 Å². The molecule has 0 amide bonds. The first-order valence-electron chi connectivity index (χ1n) is 8.03. The molecule has 0 aromatic carbocycles. The highest BCUT2D eigenvalue weighted by molar-refractivity contribution is 7.91. The summed E-state index contributed by atoms with van der Waals surface area (Å²) in [4.78, 5) is 5.40. The summed E-state index contributed by atoms with van der Waals surface area (Å²) < 4.78 is 31.0. The predicted octanol–water partition coefficient (Wildman–Crippen LogP) is 1.48. The molecule has 0 aliphatic heterocycles. The van der Waals surface area contributed by atoms with E-state index in [1.54, 1.807) is 6.07 Å². The van der Waals surface area contributed by atoms with Crippen LogP contribution in [0.3, 0.4) is 0 Å². The van der Waals surface area contributed by atoms with Gasteiger partial charge in [0.1, 0.15) is 4.21 Å². The second-order valence-electron chi connectivity index (χ2n) is 5.18. The van der Waals surface area contributed by atoms with Crippen LogP contribution in [0.15, 0.2) is 21.3 Å². The van der Waals surface area contributed by atoms with Crippen molar-refractivity contribution < 1.29 is 13.2 Å². The summed E-state index contributed by atoms with van der Waals surface area (Å²) in [6, 6.07) is 3.44. The Morgan fingerprint density at radius 2 is 2.04 bits per heavy atom. The topological polar surface area (TPSA) is 83.0 Å². The Morgan fingerprint density at radius 3 is 2.67 bits per heavy atom. The van der Waals surface area contributed by atoms with E-state index in [9.17, 15) is 8.42 Å². The summed E-state index contributed by atoms with van der Waals surface area (Å²) in [5.74, 6) is 0.722. The minimum absolute atomic E-state index is 0.340. The molecule has 0 bridgehead atoms. The average molecular weight is 377 g/mol. The van der Waals surface area contributed by atoms with Gasteiger partial charge in [0, 0.05) is 45.3 Å². The maximum atomic E-state index is 12.1. The number of hydrogen-bond donors (Lipinski definition) is 2. The zero-order valence-corrected chi connectivity index (χ0v) is 16.5. The van der Waals surface area contributed by atoms with Gasteiger partial charge in [-0.15, -0.1) is 11.3 Å². The fourth-order valence-corrected chi connectivity index (χ4v) is 4.24. The summed E-state index contributed by atoms with van der Waals surface area (Å²) in [5.41, 5.74) is 0. The molecule has 0 saturated carbocycles. The number of ether oxygens (including phenoxy) is 1. The van der Waals surface area contributed by atoms with Crippen LogP contribution in [0, 0.1) is 0 Å². The van der Waals surface area contributed by atoms with Crippen molar-refractivity contribution in [2.24, 2.45) is 4.99 Å². The molecule has 138 valence electrons. The largest absolute Gasteiger partial charge is 0.382 e. The quantitative estimate of drug-likeness (QED) is 0.367. The van der Waals surface area contributed by atoms with Crippen LogP contribution in [0.1, 0.15) is 25.1 Å². The molecule has 0 aliphatic carbocycles. The summed E-state index contributed by atoms with van der Waals surface area (Å²) in [6.07, 6.45) is 0.905. The summed E-state index contributed by atoms with van der Waals surface area (Å²) in [6.45, 7) is 7.41. The maximum absolute atomic E-state index is 12.1. The standard InChI is InChI=1S/C15H28N4O3S2/c1-5-16-15(17-10-7-11-22-6-2)18-12-13-8-9-14(23-13)24(20,21)19(3)4/h8-9H,5-7,10-12H2,1-4H3,(H2,16,17,18). The van der Waals surface area contributed by atoms with Crippen molar-refractivity contribution in [3.8, 4) is 0 Å². The molecule has 2 N–H and O–H groups in total. The van der Waals surface area contributed by atoms with E-state index < -0.39 is 10.0 Å². The number of guanidine groups is 1. The minimum Gasteiger partial charge on any atom is -0.382 e. The van der Waals surface area contributed by atoms with Gasteiger partial charge in [-0.05, 0) is 32.4 Å². The van der Waals surface area contributed by atoms with Crippen LogP contribution in [0.25, 0.3) is 0 Å². The molecule has 0 saturated heterocycles. The lowest BCUT2D eigenvalue weighted by Gasteiger charge is -2.11. The van der Waals surface area contributed by atoms with Crippen molar-refractivity contribution in [3.63, 3.8) is 0 Å². The van der Waals surface area contributed by atoms with Crippen molar-refractivity contribution in [2.75, 3.05) is 40.4 Å². The number of thiophene rings is 1. The van der Waals surface area contributed by atoms with Crippen LogP contribution in [-0.4, -0.2) is 59.1 Å². The van der Waals surface area contributed by atoms with Gasteiger partial charge in [-0.1, -0.05) is 0 Å². The van der Waals surface area contributed by atoms with Gasteiger partial charge in [0.25, 0.3) is 10.0 Å². The SMILES string of the molecule is CCNC(=NCc1ccc(S(=O)(=O)N(C)C)s1)NCCCOCC. The van der Waals surface area contributed by atoms with Crippen molar-refractivity contribution in [2.45, 2.75) is 31.0 Å². The fourth-order valence-electron chi connectivity index (χ4n) is 1.79. The smallest absolute Gasteiger partial charge is 0.252 e. The average Bonchev–Trinajstić information content (AvgIpc) is 3.01. The van der Waals surface area contributed by atoms with E-state index in [2.05, 4.69) is 15.6 Å². The minimum atomic E-state index is -3.37. The summed E-state index contributed by atoms with van der Waals surface area (Å²) in [7, 11) is -0.310. The van der Waals surface area contributed by atoms with E-state index in [1.165, 1.54) is 29.7 Å². The first-order valence-corrected chi connectivity index (χ1v) is 10.3. The molecule has 0 unspecified atom stereocenters. The van der Waals surface area contributed by atoms with E-state index in [-0.39, 0.29) is 0 Å². The van der Waals surface area contributed by atoms with Crippen LogP contribution >= 0.6 is 11.3 Å². The van der Waals surface area contributed by atoms with E-state index in [0.717, 1.165) is 43.6 Å². The number of hydrogen-bond acceptors (Lipinski definition) is 5. The first kappa shape index (κ1) is 20.9. The second-order valence-corrected chi connectivity index (χ2v) is 8.73. The Bertz CT molecular complexity index is 612. The number of nitrogens with one attached hydrogen (secondary N) is 2. The van der Waals surface area contributed by atoms with E-state index in [0.29, 0.717) is 10.8 Å². The highest BCUT2D eigenvalue weighted by atomic mass is 32.2. The van der Waals surface area contributed by atoms with E-state index in [1.807, 2.05) is 19.9 Å². The van der Waals surface area contributed by atoms with Gasteiger partial charge in [-0.3, -0.25) is 0 Å². The molecule has 1 aromatic heterocycles. The van der Waals surface area contributed by atoms with Gasteiger partial charge in [-0.25, -0.2) is 17.7 Å². The lowest BCUT2D eigenvalue weighted by atomic mass is 10.4. The van der Waals surface area contributed by atoms with Gasteiger partial charge in [0.15, 0.2) is 5.96 Å². The molecule has 1 heterocycles. The van der Waals surface area contributed by atoms with Gasteiger partial charge in [0.05, 0.1) is 6.54 Å². The van der Waals surface area contributed by atoms with Gasteiger partial charge >= 0.3 is 0 Å². The van der Waals surface area contributed by atoms with Crippen molar-refractivity contribution in [3.05, 3.63) is 17.0 Å². The number of nitrogens with zero attached hydrogens (tertiary/aromatic N) is 2. The highest BCUT2D eigenvalue weighted by Crippen LogP contribution is 2.24. The summed E-state index contributed by atoms with van der Waals surface area (Å²) in [5, 5.41) is 6.42. The van der Waals surface area contributed by atoms with Crippen LogP contribution in [-0.2, 0) is 21.3 Å². The predicted molar refractivity (Wildman–Crippen MR) is 99.1 cm³/mol. The van der Waals surface area contributed by atoms with Gasteiger partial charge in [0.2, 0.25) is 0 Å². The van der Waals surface area contributed by atoms with E-state index in [4.69, 9.17) is 4.74 Å². The Kier molecular flexibility index (Phi) is 9.27. The van der Waals surface area contributed by atoms with Crippen molar-refractivity contribution in [1.82, 2.24) is 14.9 Å². The molecule has 0 aliphatic rings. The highest BCUT2D eigenvalue weighted by Gasteiger charge is 2.19. The monoisotopic (exact) mass is 376 g/mol. The zero-order chi connectivity index (χ0) is 18.0. The molecule has 1 rings (SSSR count). The lowest BCUT2D eigenvalue weighted by molar-refractivity contribution is 0.145. The van der Waals surface area contributed by atoms with Crippen molar-refractivity contribution >= 4 is 27.3 Å². The number of sulfonamides is 1. The molecule has 24 heavy (non-hydrogen) atoms. The maximum Gasteiger partial charge on any atom is 0.252 e. The Balaban J connectivity index is 2.62. The van der Waals surface area contributed by atoms with Crippen LogP contribution in [0.5, 0.6) is 0 Å². The van der Waals surface area contributed by atoms with Crippen LogP contribution in [0.4, 0.5) is 0 Å². The second kappa shape index (κ2) is 10.7. The third kappa shape index (κ3) is 6.76. The summed E-state index contributed by atoms with van der Waals surface area (Å²) >= 11 is 1.25. The Hall–Kier alpha value is -1.16. The molecule has 1 aromatic rings. The molecular weight excluding hydrogens is 348 g/mol.